The standard InChI is InChI=1S/C17H22FNO5/c1-23-14-8-11(12(18)9-15(14)24-2)16(20)19-13-7-5-3-4-6-10(13)17(21)22/h8-10,13H,3-7H2,1-2H3,(H,19,20)(H,21,22)/t10-,13+/m1/s1. The van der Waals surface area contributed by atoms with E-state index in [1.165, 1.54) is 20.3 Å². The van der Waals surface area contributed by atoms with Crippen LogP contribution in [0.3, 0.4) is 0 Å². The summed E-state index contributed by atoms with van der Waals surface area (Å²) in [6.07, 6.45) is 3.66. The molecule has 24 heavy (non-hydrogen) atoms. The highest BCUT2D eigenvalue weighted by Gasteiger charge is 2.31. The van der Waals surface area contributed by atoms with Gasteiger partial charge < -0.3 is 19.9 Å². The van der Waals surface area contributed by atoms with Crippen LogP contribution < -0.4 is 14.8 Å². The van der Waals surface area contributed by atoms with E-state index in [2.05, 4.69) is 5.32 Å². The number of methoxy groups -OCH3 is 2. The zero-order chi connectivity index (χ0) is 17.7. The Labute approximate surface area is 139 Å². The molecule has 6 nitrogen and oxygen atoms in total. The molecule has 0 aliphatic heterocycles. The lowest BCUT2D eigenvalue weighted by atomic mass is 9.94. The van der Waals surface area contributed by atoms with Crippen LogP contribution >= 0.6 is 0 Å². The Hall–Kier alpha value is -2.31. The molecule has 2 atom stereocenters. The van der Waals surface area contributed by atoms with E-state index < -0.39 is 29.7 Å². The summed E-state index contributed by atoms with van der Waals surface area (Å²) in [4.78, 5) is 23.9. The molecule has 1 fully saturated rings. The van der Waals surface area contributed by atoms with Gasteiger partial charge in [-0.25, -0.2) is 4.39 Å². The van der Waals surface area contributed by atoms with Crippen molar-refractivity contribution in [2.75, 3.05) is 14.2 Å². The van der Waals surface area contributed by atoms with E-state index in [0.29, 0.717) is 12.8 Å². The van der Waals surface area contributed by atoms with Crippen molar-refractivity contribution < 1.29 is 28.6 Å². The van der Waals surface area contributed by atoms with Crippen LogP contribution in [0, 0.1) is 11.7 Å². The van der Waals surface area contributed by atoms with Gasteiger partial charge >= 0.3 is 5.97 Å². The summed E-state index contributed by atoms with van der Waals surface area (Å²) in [5.41, 5.74) is -0.193. The van der Waals surface area contributed by atoms with Gasteiger partial charge in [-0.15, -0.1) is 0 Å². The van der Waals surface area contributed by atoms with Gasteiger partial charge in [0.2, 0.25) is 0 Å². The molecule has 0 spiro atoms. The molecular weight excluding hydrogens is 317 g/mol. The van der Waals surface area contributed by atoms with E-state index in [9.17, 15) is 19.1 Å². The molecule has 0 heterocycles. The number of ether oxygens (including phenoxy) is 2. The second-order valence-corrected chi connectivity index (χ2v) is 5.85. The lowest BCUT2D eigenvalue weighted by molar-refractivity contribution is -0.142. The van der Waals surface area contributed by atoms with Gasteiger partial charge in [-0.3, -0.25) is 9.59 Å². The lowest BCUT2D eigenvalue weighted by Crippen LogP contribution is -2.43. The largest absolute Gasteiger partial charge is 0.493 e. The Morgan fingerprint density at radius 2 is 1.75 bits per heavy atom. The maximum absolute atomic E-state index is 14.2. The highest BCUT2D eigenvalue weighted by atomic mass is 19.1. The molecule has 7 heteroatoms. The molecule has 1 aromatic carbocycles. The van der Waals surface area contributed by atoms with Gasteiger partial charge in [0.25, 0.3) is 5.91 Å². The summed E-state index contributed by atoms with van der Waals surface area (Å²) in [6.45, 7) is 0. The van der Waals surface area contributed by atoms with Gasteiger partial charge in [0.1, 0.15) is 5.82 Å². The summed E-state index contributed by atoms with van der Waals surface area (Å²) in [7, 11) is 2.77. The van der Waals surface area contributed by atoms with E-state index in [1.807, 2.05) is 0 Å². The molecule has 2 N–H and O–H groups in total. The predicted molar refractivity (Wildman–Crippen MR) is 85.0 cm³/mol. The normalized spacial score (nSPS) is 20.8. The number of amides is 1. The second-order valence-electron chi connectivity index (χ2n) is 5.85. The molecule has 1 amide bonds. The van der Waals surface area contributed by atoms with Crippen LogP contribution in [-0.4, -0.2) is 37.2 Å². The van der Waals surface area contributed by atoms with Gasteiger partial charge in [-0.1, -0.05) is 19.3 Å². The number of carboxylic acid groups (broad SMARTS) is 1. The Morgan fingerprint density at radius 1 is 1.12 bits per heavy atom. The molecule has 0 radical (unpaired) electrons. The first kappa shape index (κ1) is 18.0. The zero-order valence-electron chi connectivity index (χ0n) is 13.8. The third kappa shape index (κ3) is 3.96. The van der Waals surface area contributed by atoms with Crippen LogP contribution in [0.2, 0.25) is 0 Å². The van der Waals surface area contributed by atoms with E-state index >= 15 is 0 Å². The van der Waals surface area contributed by atoms with Crippen LogP contribution in [0.25, 0.3) is 0 Å². The molecule has 1 aliphatic carbocycles. The quantitative estimate of drug-likeness (QED) is 0.806. The van der Waals surface area contributed by atoms with Crippen LogP contribution in [0.1, 0.15) is 42.5 Å². The number of benzene rings is 1. The highest BCUT2D eigenvalue weighted by Crippen LogP contribution is 2.30. The number of carboxylic acids is 1. The van der Waals surface area contributed by atoms with Gasteiger partial charge in [0, 0.05) is 12.1 Å². The minimum absolute atomic E-state index is 0.185. The summed E-state index contributed by atoms with van der Waals surface area (Å²) in [5, 5.41) is 12.0. The number of halogens is 1. The molecular formula is C17H22FNO5. The fraction of sp³-hybridized carbons (Fsp3) is 0.529. The predicted octanol–water partition coefficient (Wildman–Crippen LogP) is 2.61. The molecule has 0 aromatic heterocycles. The van der Waals surface area contributed by atoms with Crippen molar-refractivity contribution in [2.24, 2.45) is 5.92 Å². The van der Waals surface area contributed by atoms with E-state index in [-0.39, 0.29) is 17.1 Å². The first-order chi connectivity index (χ1) is 11.5. The van der Waals surface area contributed by atoms with E-state index in [1.54, 1.807) is 0 Å². The van der Waals surface area contributed by atoms with Crippen LogP contribution in [0.15, 0.2) is 12.1 Å². The second kappa shape index (κ2) is 7.99. The molecule has 1 aliphatic rings. The van der Waals surface area contributed by atoms with Gasteiger partial charge in [-0.2, -0.15) is 0 Å². The number of rotatable bonds is 5. The van der Waals surface area contributed by atoms with E-state index in [0.717, 1.165) is 25.3 Å². The van der Waals surface area contributed by atoms with Gasteiger partial charge in [-0.05, 0) is 18.9 Å². The number of aliphatic carboxylic acids is 1. The number of carbonyl (C=O) groups excluding carboxylic acids is 1. The molecule has 132 valence electrons. The van der Waals surface area contributed by atoms with Crippen molar-refractivity contribution in [1.29, 1.82) is 0 Å². The molecule has 0 unspecified atom stereocenters. The Balaban J connectivity index is 2.23. The summed E-state index contributed by atoms with van der Waals surface area (Å²) >= 11 is 0. The first-order valence-corrected chi connectivity index (χ1v) is 7.93. The zero-order valence-corrected chi connectivity index (χ0v) is 13.8. The third-order valence-electron chi connectivity index (χ3n) is 4.37. The number of carbonyl (C=O) groups is 2. The average Bonchev–Trinajstić information content (AvgIpc) is 2.79. The van der Waals surface area contributed by atoms with Crippen LogP contribution in [0.5, 0.6) is 11.5 Å². The Morgan fingerprint density at radius 3 is 2.38 bits per heavy atom. The molecule has 2 rings (SSSR count). The van der Waals surface area contributed by atoms with E-state index in [4.69, 9.17) is 9.47 Å². The number of nitrogens with one attached hydrogen (secondary N) is 1. The topological polar surface area (TPSA) is 84.9 Å². The van der Waals surface area contributed by atoms with Crippen LogP contribution in [0.4, 0.5) is 4.39 Å². The molecule has 1 saturated carbocycles. The molecule has 1 aromatic rings. The summed E-state index contributed by atoms with van der Waals surface area (Å²) in [5.74, 6) is -2.56. The van der Waals surface area contributed by atoms with Crippen molar-refractivity contribution in [1.82, 2.24) is 5.32 Å². The van der Waals surface area contributed by atoms with Crippen molar-refractivity contribution in [3.05, 3.63) is 23.5 Å². The highest BCUT2D eigenvalue weighted by molar-refractivity contribution is 5.95. The lowest BCUT2D eigenvalue weighted by Gasteiger charge is -2.23. The Kier molecular flexibility index (Phi) is 6.00. The molecule has 0 bridgehead atoms. The third-order valence-corrected chi connectivity index (χ3v) is 4.37. The maximum atomic E-state index is 14.2. The number of hydrogen-bond acceptors (Lipinski definition) is 4. The van der Waals surface area contributed by atoms with Crippen LogP contribution in [-0.2, 0) is 4.79 Å². The fourth-order valence-corrected chi connectivity index (χ4v) is 3.05. The minimum atomic E-state index is -0.935. The molecule has 0 saturated heterocycles. The van der Waals surface area contributed by atoms with Crippen molar-refractivity contribution in [3.8, 4) is 11.5 Å². The Bertz CT molecular complexity index is 619. The number of hydrogen-bond donors (Lipinski definition) is 2. The average molecular weight is 339 g/mol. The van der Waals surface area contributed by atoms with Crippen molar-refractivity contribution >= 4 is 11.9 Å². The summed E-state index contributed by atoms with van der Waals surface area (Å²) in [6, 6.07) is 1.83. The smallest absolute Gasteiger partial charge is 0.308 e. The summed E-state index contributed by atoms with van der Waals surface area (Å²) < 4.78 is 24.3. The minimum Gasteiger partial charge on any atom is -0.493 e. The van der Waals surface area contributed by atoms with Gasteiger partial charge in [0.05, 0.1) is 25.7 Å². The first-order valence-electron chi connectivity index (χ1n) is 7.93. The van der Waals surface area contributed by atoms with Crippen molar-refractivity contribution in [2.45, 2.75) is 38.1 Å². The SMILES string of the molecule is COc1cc(F)c(C(=O)N[C@H]2CCCCC[C@H]2C(=O)O)cc1OC. The maximum Gasteiger partial charge on any atom is 0.308 e. The monoisotopic (exact) mass is 339 g/mol. The van der Waals surface area contributed by atoms with Crippen molar-refractivity contribution in [3.63, 3.8) is 0 Å². The fourth-order valence-electron chi connectivity index (χ4n) is 3.05. The van der Waals surface area contributed by atoms with Gasteiger partial charge in [0.15, 0.2) is 11.5 Å².